The number of aromatic nitrogens is 2. The molecule has 1 aromatic rings. The van der Waals surface area contributed by atoms with E-state index in [4.69, 9.17) is 4.74 Å². The first-order valence-corrected chi connectivity index (χ1v) is 6.72. The van der Waals surface area contributed by atoms with Gasteiger partial charge in [-0.1, -0.05) is 20.8 Å². The van der Waals surface area contributed by atoms with Crippen LogP contribution in [0.3, 0.4) is 0 Å². The molecule has 0 saturated carbocycles. The van der Waals surface area contributed by atoms with Crippen LogP contribution in [0.5, 0.6) is 0 Å². The molecule has 108 valence electrons. The van der Waals surface area contributed by atoms with E-state index in [-0.39, 0.29) is 17.1 Å². The number of hydrogen-bond donors (Lipinski definition) is 1. The Morgan fingerprint density at radius 1 is 1.11 bits per heavy atom. The molecule has 0 bridgehead atoms. The molecule has 4 nitrogen and oxygen atoms in total. The van der Waals surface area contributed by atoms with E-state index in [0.717, 1.165) is 17.9 Å². The third-order valence-corrected chi connectivity index (χ3v) is 2.80. The second-order valence-corrected chi connectivity index (χ2v) is 7.03. The van der Waals surface area contributed by atoms with Gasteiger partial charge in [0.1, 0.15) is 6.10 Å². The molecule has 0 spiro atoms. The number of methoxy groups -OCH3 is 1. The van der Waals surface area contributed by atoms with Gasteiger partial charge < -0.3 is 10.1 Å². The Balaban J connectivity index is 2.76. The van der Waals surface area contributed by atoms with Gasteiger partial charge in [0.25, 0.3) is 0 Å². The maximum absolute atomic E-state index is 5.51. The minimum Gasteiger partial charge on any atom is -0.373 e. The zero-order valence-corrected chi connectivity index (χ0v) is 13.2. The standard InChI is InChI=1S/C15H27N3O/c1-14(2,3)12(19-7)13-16-8-11(9-17-13)10-18-15(4,5)6/h8-9,12,18H,10H2,1-7H3. The lowest BCUT2D eigenvalue weighted by atomic mass is 9.88. The lowest BCUT2D eigenvalue weighted by Crippen LogP contribution is -2.35. The third kappa shape index (κ3) is 5.25. The van der Waals surface area contributed by atoms with Crippen LogP contribution in [0.25, 0.3) is 0 Å². The van der Waals surface area contributed by atoms with Crippen molar-refractivity contribution in [3.63, 3.8) is 0 Å². The highest BCUT2D eigenvalue weighted by molar-refractivity contribution is 5.08. The fourth-order valence-corrected chi connectivity index (χ4v) is 1.80. The summed E-state index contributed by atoms with van der Waals surface area (Å²) in [7, 11) is 1.70. The van der Waals surface area contributed by atoms with Crippen LogP contribution in [0, 0.1) is 5.41 Å². The molecule has 1 atom stereocenters. The minimum absolute atomic E-state index is 0.0140. The highest BCUT2D eigenvalue weighted by atomic mass is 16.5. The number of hydrogen-bond acceptors (Lipinski definition) is 4. The number of nitrogens with one attached hydrogen (secondary N) is 1. The molecule has 0 aromatic carbocycles. The van der Waals surface area contributed by atoms with Gasteiger partial charge >= 0.3 is 0 Å². The van der Waals surface area contributed by atoms with Crippen molar-refractivity contribution in [1.82, 2.24) is 15.3 Å². The SMILES string of the molecule is COC(c1ncc(CNC(C)(C)C)cn1)C(C)(C)C. The molecule has 0 aliphatic carbocycles. The van der Waals surface area contributed by atoms with E-state index in [2.05, 4.69) is 56.8 Å². The smallest absolute Gasteiger partial charge is 0.157 e. The van der Waals surface area contributed by atoms with Crippen molar-refractivity contribution in [2.45, 2.75) is 59.7 Å². The summed E-state index contributed by atoms with van der Waals surface area (Å²) in [5.41, 5.74) is 1.17. The summed E-state index contributed by atoms with van der Waals surface area (Å²) in [4.78, 5) is 8.88. The van der Waals surface area contributed by atoms with Gasteiger partial charge in [-0.25, -0.2) is 9.97 Å². The Bertz CT molecular complexity index is 387. The van der Waals surface area contributed by atoms with Gasteiger partial charge in [0.05, 0.1) is 0 Å². The first-order chi connectivity index (χ1) is 8.63. The van der Waals surface area contributed by atoms with Crippen LogP contribution < -0.4 is 5.32 Å². The van der Waals surface area contributed by atoms with Crippen molar-refractivity contribution in [1.29, 1.82) is 0 Å². The van der Waals surface area contributed by atoms with E-state index in [1.807, 2.05) is 12.4 Å². The summed E-state index contributed by atoms with van der Waals surface area (Å²) in [6.07, 6.45) is 3.66. The Kier molecular flexibility index (Phi) is 5.04. The molecule has 1 rings (SSSR count). The molecule has 0 amide bonds. The van der Waals surface area contributed by atoms with Gasteiger partial charge in [-0.05, 0) is 26.2 Å². The van der Waals surface area contributed by atoms with E-state index >= 15 is 0 Å². The van der Waals surface area contributed by atoms with Gasteiger partial charge in [0.15, 0.2) is 5.82 Å². The highest BCUT2D eigenvalue weighted by Gasteiger charge is 2.28. The maximum atomic E-state index is 5.51. The van der Waals surface area contributed by atoms with Gasteiger partial charge in [-0.15, -0.1) is 0 Å². The summed E-state index contributed by atoms with van der Waals surface area (Å²) < 4.78 is 5.51. The van der Waals surface area contributed by atoms with Gasteiger partial charge in [0, 0.05) is 37.2 Å². The molecule has 0 aliphatic heterocycles. The molecule has 0 radical (unpaired) electrons. The van der Waals surface area contributed by atoms with Gasteiger partial charge in [-0.2, -0.15) is 0 Å². The summed E-state index contributed by atoms with van der Waals surface area (Å²) in [5, 5.41) is 3.42. The fraction of sp³-hybridized carbons (Fsp3) is 0.733. The van der Waals surface area contributed by atoms with Crippen LogP contribution in [0.4, 0.5) is 0 Å². The molecular weight excluding hydrogens is 238 g/mol. The quantitative estimate of drug-likeness (QED) is 0.908. The zero-order chi connectivity index (χ0) is 14.7. The largest absolute Gasteiger partial charge is 0.373 e. The van der Waals surface area contributed by atoms with Crippen LogP contribution >= 0.6 is 0 Å². The van der Waals surface area contributed by atoms with E-state index in [9.17, 15) is 0 Å². The van der Waals surface area contributed by atoms with Crippen LogP contribution in [0.1, 0.15) is 59.0 Å². The summed E-state index contributed by atoms with van der Waals surface area (Å²) in [6.45, 7) is 13.6. The molecule has 0 aliphatic rings. The van der Waals surface area contributed by atoms with Gasteiger partial charge in [-0.3, -0.25) is 0 Å². The fourth-order valence-electron chi connectivity index (χ4n) is 1.80. The molecule has 0 fully saturated rings. The molecule has 4 heteroatoms. The van der Waals surface area contributed by atoms with E-state index in [1.54, 1.807) is 7.11 Å². The van der Waals surface area contributed by atoms with Crippen LogP contribution in [-0.2, 0) is 11.3 Å². The van der Waals surface area contributed by atoms with E-state index < -0.39 is 0 Å². The van der Waals surface area contributed by atoms with Crippen molar-refractivity contribution < 1.29 is 4.74 Å². The lowest BCUT2D eigenvalue weighted by molar-refractivity contribution is 0.00860. The monoisotopic (exact) mass is 265 g/mol. The summed E-state index contributed by atoms with van der Waals surface area (Å²) in [5.74, 6) is 0.745. The third-order valence-electron chi connectivity index (χ3n) is 2.80. The van der Waals surface area contributed by atoms with Crippen molar-refractivity contribution in [2.24, 2.45) is 5.41 Å². The summed E-state index contributed by atoms with van der Waals surface area (Å²) in [6, 6.07) is 0. The second-order valence-electron chi connectivity index (χ2n) is 7.03. The van der Waals surface area contributed by atoms with Gasteiger partial charge in [0.2, 0.25) is 0 Å². The Morgan fingerprint density at radius 2 is 1.63 bits per heavy atom. The van der Waals surface area contributed by atoms with Crippen LogP contribution in [-0.4, -0.2) is 22.6 Å². The molecular formula is C15H27N3O. The topological polar surface area (TPSA) is 47.0 Å². The summed E-state index contributed by atoms with van der Waals surface area (Å²) >= 11 is 0. The molecule has 0 saturated heterocycles. The van der Waals surface area contributed by atoms with E-state index in [1.165, 1.54) is 0 Å². The number of nitrogens with zero attached hydrogens (tertiary/aromatic N) is 2. The lowest BCUT2D eigenvalue weighted by Gasteiger charge is -2.28. The molecule has 1 N–H and O–H groups in total. The van der Waals surface area contributed by atoms with Crippen LogP contribution in [0.2, 0.25) is 0 Å². The normalized spacial score (nSPS) is 14.5. The average Bonchev–Trinajstić information content (AvgIpc) is 2.26. The minimum atomic E-state index is -0.0860. The first-order valence-electron chi connectivity index (χ1n) is 6.72. The Morgan fingerprint density at radius 3 is 2.00 bits per heavy atom. The second kappa shape index (κ2) is 5.97. The Labute approximate surface area is 117 Å². The highest BCUT2D eigenvalue weighted by Crippen LogP contribution is 2.33. The predicted octanol–water partition coefficient (Wildman–Crippen LogP) is 3.10. The van der Waals surface area contributed by atoms with Crippen molar-refractivity contribution in [3.05, 3.63) is 23.8 Å². The zero-order valence-electron chi connectivity index (χ0n) is 13.2. The van der Waals surface area contributed by atoms with Crippen molar-refractivity contribution >= 4 is 0 Å². The average molecular weight is 265 g/mol. The Hall–Kier alpha value is -1.00. The van der Waals surface area contributed by atoms with Crippen LogP contribution in [0.15, 0.2) is 12.4 Å². The molecule has 19 heavy (non-hydrogen) atoms. The first kappa shape index (κ1) is 16.1. The van der Waals surface area contributed by atoms with Crippen molar-refractivity contribution in [3.8, 4) is 0 Å². The molecule has 1 heterocycles. The van der Waals surface area contributed by atoms with Crippen molar-refractivity contribution in [2.75, 3.05) is 7.11 Å². The maximum Gasteiger partial charge on any atom is 0.157 e. The number of rotatable bonds is 4. The van der Waals surface area contributed by atoms with E-state index in [0.29, 0.717) is 0 Å². The molecule has 1 unspecified atom stereocenters. The molecule has 1 aromatic heterocycles. The predicted molar refractivity (Wildman–Crippen MR) is 77.8 cm³/mol. The number of ether oxygens (including phenoxy) is 1.